The number of hydrogen-bond acceptors (Lipinski definition) is 10. The number of rotatable bonds is 17. The van der Waals surface area contributed by atoms with Gasteiger partial charge in [-0.1, -0.05) is 18.2 Å². The van der Waals surface area contributed by atoms with Gasteiger partial charge in [-0.2, -0.15) is 13.2 Å². The second-order valence-electron chi connectivity index (χ2n) is 13.1. The lowest BCUT2D eigenvalue weighted by Crippen LogP contribution is -2.35. The lowest BCUT2D eigenvalue weighted by Gasteiger charge is -2.28. The van der Waals surface area contributed by atoms with Gasteiger partial charge in [0.1, 0.15) is 6.61 Å². The Morgan fingerprint density at radius 2 is 1.54 bits per heavy atom. The van der Waals surface area contributed by atoms with Gasteiger partial charge in [0.25, 0.3) is 5.91 Å². The number of carbonyl (C=O) groups is 1. The van der Waals surface area contributed by atoms with Gasteiger partial charge >= 0.3 is 6.18 Å². The van der Waals surface area contributed by atoms with Crippen molar-refractivity contribution in [2.75, 3.05) is 100.0 Å². The number of benzene rings is 3. The third-order valence-electron chi connectivity index (χ3n) is 9.66. The van der Waals surface area contributed by atoms with Crippen molar-refractivity contribution in [1.29, 1.82) is 0 Å². The SMILES string of the molecule is COc1ccc(C(CCN2CCCN(c3nc4ccccc4n3CCOCC(F)(F)F)CC2)CN(C)C(=O)c2cc(OC)c(OC)c(OC)c2)cc1OC. The Balaban J connectivity index is 1.31. The summed E-state index contributed by atoms with van der Waals surface area (Å²) in [5.41, 5.74) is 3.05. The van der Waals surface area contributed by atoms with E-state index in [9.17, 15) is 18.0 Å². The summed E-state index contributed by atoms with van der Waals surface area (Å²) >= 11 is 0. The van der Waals surface area contributed by atoms with E-state index in [0.717, 1.165) is 61.6 Å². The van der Waals surface area contributed by atoms with Crippen LogP contribution in [0.2, 0.25) is 0 Å². The average Bonchev–Trinajstić information content (AvgIpc) is 3.37. The maximum Gasteiger partial charge on any atom is 0.411 e. The molecule has 3 aromatic carbocycles. The highest BCUT2D eigenvalue weighted by Crippen LogP contribution is 2.39. The van der Waals surface area contributed by atoms with E-state index < -0.39 is 12.8 Å². The maximum absolute atomic E-state index is 13.9. The van der Waals surface area contributed by atoms with Crippen molar-refractivity contribution in [3.8, 4) is 28.7 Å². The third-order valence-corrected chi connectivity index (χ3v) is 9.66. The van der Waals surface area contributed by atoms with Crippen LogP contribution in [0.5, 0.6) is 28.7 Å². The van der Waals surface area contributed by atoms with Crippen LogP contribution in [0.15, 0.2) is 54.6 Å². The van der Waals surface area contributed by atoms with Crippen molar-refractivity contribution in [1.82, 2.24) is 19.4 Å². The van der Waals surface area contributed by atoms with Gasteiger partial charge in [0.05, 0.1) is 53.2 Å². The molecule has 1 amide bonds. The predicted octanol–water partition coefficient (Wildman–Crippen LogP) is 6.12. The first-order valence-electron chi connectivity index (χ1n) is 17.8. The van der Waals surface area contributed by atoms with Gasteiger partial charge in [0.15, 0.2) is 23.0 Å². The molecule has 1 saturated heterocycles. The Hall–Kier alpha value is -4.89. The highest BCUT2D eigenvalue weighted by molar-refractivity contribution is 5.95. The van der Waals surface area contributed by atoms with E-state index in [-0.39, 0.29) is 25.0 Å². The van der Waals surface area contributed by atoms with Crippen LogP contribution >= 0.6 is 0 Å². The van der Waals surface area contributed by atoms with Gasteiger partial charge in [-0.25, -0.2) is 4.98 Å². The van der Waals surface area contributed by atoms with Gasteiger partial charge in [-0.3, -0.25) is 4.79 Å². The fourth-order valence-corrected chi connectivity index (χ4v) is 6.91. The molecule has 294 valence electrons. The summed E-state index contributed by atoms with van der Waals surface area (Å²) in [6.45, 7) is 3.11. The molecule has 54 heavy (non-hydrogen) atoms. The summed E-state index contributed by atoms with van der Waals surface area (Å²) < 4.78 is 72.7. The Kier molecular flexibility index (Phi) is 13.8. The molecule has 1 aromatic heterocycles. The number of carbonyl (C=O) groups excluding carboxylic acids is 1. The minimum absolute atomic E-state index is 0.0546. The number of methoxy groups -OCH3 is 5. The van der Waals surface area contributed by atoms with Crippen LogP contribution in [0.1, 0.15) is 34.7 Å². The van der Waals surface area contributed by atoms with E-state index in [1.807, 2.05) is 47.0 Å². The lowest BCUT2D eigenvalue weighted by molar-refractivity contribution is -0.174. The van der Waals surface area contributed by atoms with E-state index in [2.05, 4.69) is 9.80 Å². The number of aromatic nitrogens is 2. The molecular weight excluding hydrogens is 707 g/mol. The molecule has 4 aromatic rings. The van der Waals surface area contributed by atoms with Gasteiger partial charge in [-0.05, 0) is 67.9 Å². The van der Waals surface area contributed by atoms with Crippen molar-refractivity contribution < 1.29 is 46.4 Å². The second kappa shape index (κ2) is 18.4. The standard InChI is InChI=1S/C39H50F3N5O7/c1-44(37(48)29-23-34(51-4)36(53-6)35(24-29)52-5)25-28(27-12-13-32(49-2)33(22-27)50-3)14-17-45-15-9-16-46(19-18-45)38-43-30-10-7-8-11-31(30)47(38)20-21-54-26-39(40,41)42/h7-8,10-13,22-24,28H,9,14-21,25-26H2,1-6H3. The van der Waals surface area contributed by atoms with Crippen molar-refractivity contribution >= 4 is 22.9 Å². The molecule has 0 spiro atoms. The molecule has 0 N–H and O–H groups in total. The zero-order valence-corrected chi connectivity index (χ0v) is 31.8. The first-order chi connectivity index (χ1) is 26.0. The number of nitrogens with zero attached hydrogens (tertiary/aromatic N) is 5. The summed E-state index contributed by atoms with van der Waals surface area (Å²) in [7, 11) is 9.52. The van der Waals surface area contributed by atoms with Crippen LogP contribution in [0.25, 0.3) is 11.0 Å². The summed E-state index contributed by atoms with van der Waals surface area (Å²) in [5, 5.41) is 0. The fourth-order valence-electron chi connectivity index (χ4n) is 6.91. The number of hydrogen-bond donors (Lipinski definition) is 0. The second-order valence-corrected chi connectivity index (χ2v) is 13.1. The third kappa shape index (κ3) is 9.80. The average molecular weight is 758 g/mol. The summed E-state index contributed by atoms with van der Waals surface area (Å²) in [6.07, 6.45) is -2.76. The quantitative estimate of drug-likeness (QED) is 0.117. The number of amides is 1. The molecule has 0 saturated carbocycles. The molecule has 1 aliphatic rings. The molecule has 1 aliphatic heterocycles. The zero-order chi connectivity index (χ0) is 38.8. The molecule has 1 atom stereocenters. The van der Waals surface area contributed by atoms with Crippen LogP contribution in [0.4, 0.5) is 19.1 Å². The largest absolute Gasteiger partial charge is 0.493 e. The maximum atomic E-state index is 13.9. The molecule has 5 rings (SSSR count). The van der Waals surface area contributed by atoms with Gasteiger partial charge in [0, 0.05) is 51.3 Å². The van der Waals surface area contributed by atoms with E-state index in [1.165, 1.54) is 21.3 Å². The number of halogens is 3. The first kappa shape index (κ1) is 40.3. The van der Waals surface area contributed by atoms with Crippen molar-refractivity contribution in [3.05, 3.63) is 65.7 Å². The molecule has 0 radical (unpaired) electrons. The topological polar surface area (TPSA) is 100.0 Å². The van der Waals surface area contributed by atoms with Crippen LogP contribution in [-0.4, -0.2) is 127 Å². The lowest BCUT2D eigenvalue weighted by atomic mass is 9.94. The molecule has 1 unspecified atom stereocenters. The molecule has 0 aliphatic carbocycles. The van der Waals surface area contributed by atoms with Crippen molar-refractivity contribution in [2.45, 2.75) is 31.5 Å². The number of alkyl halides is 3. The Morgan fingerprint density at radius 3 is 2.20 bits per heavy atom. The summed E-state index contributed by atoms with van der Waals surface area (Å²) in [4.78, 5) is 25.1. The Morgan fingerprint density at radius 1 is 0.833 bits per heavy atom. The fraction of sp³-hybridized carbons (Fsp3) is 0.487. The van der Waals surface area contributed by atoms with Gasteiger partial charge in [-0.15, -0.1) is 0 Å². The van der Waals surface area contributed by atoms with Crippen LogP contribution in [-0.2, 0) is 11.3 Å². The molecule has 12 nitrogen and oxygen atoms in total. The smallest absolute Gasteiger partial charge is 0.411 e. The molecule has 0 bridgehead atoms. The number of ether oxygens (including phenoxy) is 6. The number of likely N-dealkylation sites (N-methyl/N-ethyl adjacent to an activating group) is 1. The molecule has 15 heteroatoms. The first-order valence-corrected chi connectivity index (χ1v) is 17.8. The Labute approximate surface area is 314 Å². The highest BCUT2D eigenvalue weighted by atomic mass is 19.4. The van der Waals surface area contributed by atoms with E-state index in [1.54, 1.807) is 38.3 Å². The number of imidazole rings is 1. The van der Waals surface area contributed by atoms with Gasteiger partial charge < -0.3 is 47.7 Å². The highest BCUT2D eigenvalue weighted by Gasteiger charge is 2.28. The predicted molar refractivity (Wildman–Crippen MR) is 200 cm³/mol. The molecule has 1 fully saturated rings. The van der Waals surface area contributed by atoms with Gasteiger partial charge in [0.2, 0.25) is 11.7 Å². The van der Waals surface area contributed by atoms with Crippen LogP contribution in [0.3, 0.4) is 0 Å². The van der Waals surface area contributed by atoms with Crippen molar-refractivity contribution in [2.24, 2.45) is 0 Å². The Bertz CT molecular complexity index is 1830. The number of fused-ring (bicyclic) bond motifs is 1. The minimum atomic E-state index is -4.38. The summed E-state index contributed by atoms with van der Waals surface area (Å²) in [6, 6.07) is 16.8. The number of para-hydroxylation sites is 2. The number of anilines is 1. The zero-order valence-electron chi connectivity index (χ0n) is 31.8. The van der Waals surface area contributed by atoms with E-state index in [4.69, 9.17) is 33.4 Å². The minimum Gasteiger partial charge on any atom is -0.493 e. The molecular formula is C39H50F3N5O7. The van der Waals surface area contributed by atoms with Crippen molar-refractivity contribution in [3.63, 3.8) is 0 Å². The summed E-state index contributed by atoms with van der Waals surface area (Å²) in [5.74, 6) is 2.90. The van der Waals surface area contributed by atoms with Crippen LogP contribution < -0.4 is 28.6 Å². The van der Waals surface area contributed by atoms with E-state index >= 15 is 0 Å². The van der Waals surface area contributed by atoms with E-state index in [0.29, 0.717) is 47.4 Å². The normalized spacial score (nSPS) is 14.4. The molecule has 2 heterocycles. The monoisotopic (exact) mass is 757 g/mol. The van der Waals surface area contributed by atoms with Crippen LogP contribution in [0, 0.1) is 0 Å².